The summed E-state index contributed by atoms with van der Waals surface area (Å²) in [5.41, 5.74) is 2.11. The zero-order valence-corrected chi connectivity index (χ0v) is 11.4. The Bertz CT molecular complexity index is 587. The fourth-order valence-electron chi connectivity index (χ4n) is 2.75. The molecule has 1 aliphatic carbocycles. The highest BCUT2D eigenvalue weighted by Crippen LogP contribution is 2.22. The van der Waals surface area contributed by atoms with Crippen molar-refractivity contribution in [2.24, 2.45) is 0 Å². The van der Waals surface area contributed by atoms with Gasteiger partial charge in [0, 0.05) is 29.2 Å². The molecule has 1 fully saturated rings. The van der Waals surface area contributed by atoms with Gasteiger partial charge < -0.3 is 10.4 Å². The van der Waals surface area contributed by atoms with Gasteiger partial charge in [0.1, 0.15) is 0 Å². The molecule has 0 radical (unpaired) electrons. The third-order valence-electron chi connectivity index (χ3n) is 3.83. The van der Waals surface area contributed by atoms with Gasteiger partial charge in [-0.3, -0.25) is 4.98 Å². The van der Waals surface area contributed by atoms with Crippen LogP contribution in [0.15, 0.2) is 30.5 Å². The van der Waals surface area contributed by atoms with Gasteiger partial charge in [0.15, 0.2) is 0 Å². The van der Waals surface area contributed by atoms with Crippen LogP contribution in [0.3, 0.4) is 0 Å². The summed E-state index contributed by atoms with van der Waals surface area (Å²) in [6, 6.07) is 8.01. The van der Waals surface area contributed by atoms with Crippen molar-refractivity contribution in [1.29, 1.82) is 0 Å². The first-order valence-electron chi connectivity index (χ1n) is 6.68. The van der Waals surface area contributed by atoms with E-state index in [9.17, 15) is 5.11 Å². The molecule has 0 bridgehead atoms. The van der Waals surface area contributed by atoms with Crippen LogP contribution in [0.4, 0.5) is 0 Å². The van der Waals surface area contributed by atoms with Gasteiger partial charge in [-0.2, -0.15) is 0 Å². The quantitative estimate of drug-likeness (QED) is 0.906. The summed E-state index contributed by atoms with van der Waals surface area (Å²) in [6.45, 7) is 0.752. The Morgan fingerprint density at radius 3 is 3.00 bits per heavy atom. The molecule has 3 rings (SSSR count). The van der Waals surface area contributed by atoms with Crippen LogP contribution >= 0.6 is 11.6 Å². The Balaban J connectivity index is 1.81. The standard InChI is InChI=1S/C15H17ClN2O/c16-11-4-5-12-10(6-7-17-14(12)8-11)9-18-13-2-1-3-15(13)19/h4-8,13,15,18-19H,1-3,9H2. The summed E-state index contributed by atoms with van der Waals surface area (Å²) in [7, 11) is 0. The highest BCUT2D eigenvalue weighted by atomic mass is 35.5. The van der Waals surface area contributed by atoms with E-state index in [4.69, 9.17) is 11.6 Å². The lowest BCUT2D eigenvalue weighted by molar-refractivity contribution is 0.148. The number of pyridine rings is 1. The summed E-state index contributed by atoms with van der Waals surface area (Å²) in [5.74, 6) is 0. The Morgan fingerprint density at radius 1 is 1.32 bits per heavy atom. The number of aliphatic hydroxyl groups excluding tert-OH is 1. The third kappa shape index (κ3) is 2.73. The number of aliphatic hydroxyl groups is 1. The second kappa shape index (κ2) is 5.45. The lowest BCUT2D eigenvalue weighted by Crippen LogP contribution is -2.35. The van der Waals surface area contributed by atoms with Crippen LogP contribution in [0.2, 0.25) is 5.02 Å². The lowest BCUT2D eigenvalue weighted by atomic mass is 10.1. The molecule has 2 N–H and O–H groups in total. The van der Waals surface area contributed by atoms with Crippen molar-refractivity contribution in [3.05, 3.63) is 41.0 Å². The zero-order chi connectivity index (χ0) is 13.2. The normalized spacial score (nSPS) is 23.1. The molecule has 100 valence electrons. The van der Waals surface area contributed by atoms with Crippen molar-refractivity contribution >= 4 is 22.5 Å². The highest BCUT2D eigenvalue weighted by molar-refractivity contribution is 6.31. The number of aromatic nitrogens is 1. The second-order valence-corrected chi connectivity index (χ2v) is 5.55. The van der Waals surface area contributed by atoms with Crippen LogP contribution in [-0.2, 0) is 6.54 Å². The minimum absolute atomic E-state index is 0.206. The van der Waals surface area contributed by atoms with Gasteiger partial charge in [-0.25, -0.2) is 0 Å². The minimum Gasteiger partial charge on any atom is -0.392 e. The van der Waals surface area contributed by atoms with E-state index in [0.29, 0.717) is 5.02 Å². The first-order valence-corrected chi connectivity index (χ1v) is 7.06. The SMILES string of the molecule is OC1CCCC1NCc1ccnc2cc(Cl)ccc12. The predicted molar refractivity (Wildman–Crippen MR) is 77.2 cm³/mol. The molecule has 1 aromatic heterocycles. The summed E-state index contributed by atoms with van der Waals surface area (Å²) < 4.78 is 0. The maximum Gasteiger partial charge on any atom is 0.0720 e. The van der Waals surface area contributed by atoms with E-state index in [1.165, 1.54) is 5.56 Å². The molecular weight excluding hydrogens is 260 g/mol. The topological polar surface area (TPSA) is 45.1 Å². The molecule has 1 aromatic carbocycles. The maximum absolute atomic E-state index is 9.82. The first-order chi connectivity index (χ1) is 9.24. The van der Waals surface area contributed by atoms with Gasteiger partial charge in [0.05, 0.1) is 11.6 Å². The lowest BCUT2D eigenvalue weighted by Gasteiger charge is -2.17. The number of halogens is 1. The number of nitrogens with one attached hydrogen (secondary N) is 1. The molecule has 1 heterocycles. The van der Waals surface area contributed by atoms with Gasteiger partial charge in [0.2, 0.25) is 0 Å². The van der Waals surface area contributed by atoms with Gasteiger partial charge in [0.25, 0.3) is 0 Å². The molecule has 0 aliphatic heterocycles. The van der Waals surface area contributed by atoms with E-state index >= 15 is 0 Å². The molecule has 0 spiro atoms. The van der Waals surface area contributed by atoms with Crippen molar-refractivity contribution in [2.75, 3.05) is 0 Å². The molecular formula is C15H17ClN2O. The Labute approximate surface area is 117 Å². The number of hydrogen-bond donors (Lipinski definition) is 2. The zero-order valence-electron chi connectivity index (χ0n) is 10.6. The summed E-state index contributed by atoms with van der Waals surface area (Å²) >= 11 is 5.98. The Morgan fingerprint density at radius 2 is 2.21 bits per heavy atom. The molecule has 3 nitrogen and oxygen atoms in total. The Hall–Kier alpha value is -1.16. The van der Waals surface area contributed by atoms with Gasteiger partial charge in [-0.15, -0.1) is 0 Å². The fraction of sp³-hybridized carbons (Fsp3) is 0.400. The van der Waals surface area contributed by atoms with E-state index in [2.05, 4.69) is 10.3 Å². The number of hydrogen-bond acceptors (Lipinski definition) is 3. The van der Waals surface area contributed by atoms with Crippen molar-refractivity contribution in [3.63, 3.8) is 0 Å². The van der Waals surface area contributed by atoms with E-state index in [-0.39, 0.29) is 12.1 Å². The summed E-state index contributed by atoms with van der Waals surface area (Å²) in [5, 5.41) is 15.1. The van der Waals surface area contributed by atoms with Crippen LogP contribution in [0.25, 0.3) is 10.9 Å². The van der Waals surface area contributed by atoms with Crippen LogP contribution in [0.1, 0.15) is 24.8 Å². The molecule has 19 heavy (non-hydrogen) atoms. The smallest absolute Gasteiger partial charge is 0.0720 e. The number of fused-ring (bicyclic) bond motifs is 1. The van der Waals surface area contributed by atoms with Crippen molar-refractivity contribution in [3.8, 4) is 0 Å². The molecule has 2 aromatic rings. The van der Waals surface area contributed by atoms with Crippen molar-refractivity contribution in [1.82, 2.24) is 10.3 Å². The van der Waals surface area contributed by atoms with Gasteiger partial charge in [-0.05, 0) is 43.0 Å². The Kier molecular flexibility index (Phi) is 3.69. The molecule has 1 saturated carbocycles. The number of benzene rings is 1. The summed E-state index contributed by atoms with van der Waals surface area (Å²) in [6.07, 6.45) is 4.66. The monoisotopic (exact) mass is 276 g/mol. The van der Waals surface area contributed by atoms with Crippen molar-refractivity contribution in [2.45, 2.75) is 38.0 Å². The average Bonchev–Trinajstić information content (AvgIpc) is 2.81. The van der Waals surface area contributed by atoms with E-state index in [1.54, 1.807) is 6.20 Å². The number of nitrogens with zero attached hydrogens (tertiary/aromatic N) is 1. The van der Waals surface area contributed by atoms with E-state index in [0.717, 1.165) is 36.7 Å². The fourth-order valence-corrected chi connectivity index (χ4v) is 2.92. The molecule has 4 heteroatoms. The number of rotatable bonds is 3. The van der Waals surface area contributed by atoms with Gasteiger partial charge >= 0.3 is 0 Å². The van der Waals surface area contributed by atoms with Crippen LogP contribution in [0, 0.1) is 0 Å². The van der Waals surface area contributed by atoms with Crippen LogP contribution in [-0.4, -0.2) is 22.2 Å². The molecule has 2 atom stereocenters. The van der Waals surface area contributed by atoms with Crippen molar-refractivity contribution < 1.29 is 5.11 Å². The second-order valence-electron chi connectivity index (χ2n) is 5.12. The molecule has 2 unspecified atom stereocenters. The summed E-state index contributed by atoms with van der Waals surface area (Å²) in [4.78, 5) is 4.34. The third-order valence-corrected chi connectivity index (χ3v) is 4.06. The predicted octanol–water partition coefficient (Wildman–Crippen LogP) is 2.89. The molecule has 1 aliphatic rings. The van der Waals surface area contributed by atoms with E-state index in [1.807, 2.05) is 24.3 Å². The largest absolute Gasteiger partial charge is 0.392 e. The minimum atomic E-state index is -0.206. The van der Waals surface area contributed by atoms with Crippen LogP contribution < -0.4 is 5.32 Å². The molecule has 0 saturated heterocycles. The highest BCUT2D eigenvalue weighted by Gasteiger charge is 2.24. The van der Waals surface area contributed by atoms with Gasteiger partial charge in [-0.1, -0.05) is 17.7 Å². The van der Waals surface area contributed by atoms with Crippen LogP contribution in [0.5, 0.6) is 0 Å². The first kappa shape index (κ1) is 12.9. The maximum atomic E-state index is 9.82. The average molecular weight is 277 g/mol. The molecule has 0 amide bonds. The van der Waals surface area contributed by atoms with E-state index < -0.39 is 0 Å².